The maximum Gasteiger partial charge on any atom is 0.221 e. The van der Waals surface area contributed by atoms with Crippen molar-refractivity contribution in [3.63, 3.8) is 0 Å². The third-order valence-electron chi connectivity index (χ3n) is 4.43. The number of nitrogens with one attached hydrogen (secondary N) is 2. The number of rotatable bonds is 5. The lowest BCUT2D eigenvalue weighted by molar-refractivity contribution is -0.122. The standard InChI is InChI=1S/C14H28N4O/c1-17-7-4-12(11-17)3-5-16-14(19)9-13-10-15-6-8-18(13)2/h12-13,15H,3-11H2,1-2H3,(H,16,19). The predicted molar refractivity (Wildman–Crippen MR) is 77.1 cm³/mol. The first-order valence-electron chi connectivity index (χ1n) is 7.51. The number of carbonyl (C=O) groups excluding carboxylic acids is 1. The van der Waals surface area contributed by atoms with Crippen molar-refractivity contribution in [2.45, 2.75) is 25.3 Å². The Bertz CT molecular complexity index is 297. The van der Waals surface area contributed by atoms with Gasteiger partial charge in [-0.25, -0.2) is 0 Å². The van der Waals surface area contributed by atoms with E-state index in [4.69, 9.17) is 0 Å². The van der Waals surface area contributed by atoms with E-state index in [0.29, 0.717) is 12.5 Å². The molecule has 2 aliphatic heterocycles. The molecule has 2 heterocycles. The van der Waals surface area contributed by atoms with Gasteiger partial charge in [-0.15, -0.1) is 0 Å². The molecule has 0 radical (unpaired) electrons. The van der Waals surface area contributed by atoms with Gasteiger partial charge in [-0.1, -0.05) is 0 Å². The average molecular weight is 268 g/mol. The van der Waals surface area contributed by atoms with Crippen LogP contribution in [-0.2, 0) is 4.79 Å². The normalized spacial score (nSPS) is 29.6. The molecule has 2 aliphatic rings. The van der Waals surface area contributed by atoms with Crippen LogP contribution in [0, 0.1) is 5.92 Å². The number of nitrogens with zero attached hydrogens (tertiary/aromatic N) is 2. The molecular formula is C14H28N4O. The number of piperazine rings is 1. The number of hydrogen-bond acceptors (Lipinski definition) is 4. The highest BCUT2D eigenvalue weighted by Crippen LogP contribution is 2.17. The molecule has 0 aromatic rings. The largest absolute Gasteiger partial charge is 0.356 e. The molecule has 0 aromatic carbocycles. The maximum absolute atomic E-state index is 11.9. The number of likely N-dealkylation sites (tertiary alicyclic amines) is 1. The van der Waals surface area contributed by atoms with Crippen LogP contribution in [0.2, 0.25) is 0 Å². The quantitative estimate of drug-likeness (QED) is 0.721. The van der Waals surface area contributed by atoms with E-state index in [1.807, 2.05) is 0 Å². The van der Waals surface area contributed by atoms with E-state index in [1.54, 1.807) is 0 Å². The molecule has 2 atom stereocenters. The van der Waals surface area contributed by atoms with E-state index >= 15 is 0 Å². The minimum atomic E-state index is 0.201. The molecule has 19 heavy (non-hydrogen) atoms. The first-order chi connectivity index (χ1) is 9.15. The van der Waals surface area contributed by atoms with Crippen molar-refractivity contribution in [2.24, 2.45) is 5.92 Å². The SMILES string of the molecule is CN1CCC(CCNC(=O)CC2CNCCN2C)C1. The topological polar surface area (TPSA) is 47.6 Å². The molecule has 110 valence electrons. The van der Waals surface area contributed by atoms with E-state index in [1.165, 1.54) is 19.5 Å². The van der Waals surface area contributed by atoms with Gasteiger partial charge in [-0.3, -0.25) is 4.79 Å². The fraction of sp³-hybridized carbons (Fsp3) is 0.929. The van der Waals surface area contributed by atoms with Gasteiger partial charge >= 0.3 is 0 Å². The van der Waals surface area contributed by atoms with Gasteiger partial charge < -0.3 is 20.4 Å². The molecule has 0 spiro atoms. The maximum atomic E-state index is 11.9. The third kappa shape index (κ3) is 4.75. The van der Waals surface area contributed by atoms with Gasteiger partial charge in [-0.05, 0) is 39.4 Å². The van der Waals surface area contributed by atoms with Crippen molar-refractivity contribution >= 4 is 5.91 Å². The zero-order chi connectivity index (χ0) is 13.7. The Morgan fingerprint density at radius 1 is 1.37 bits per heavy atom. The summed E-state index contributed by atoms with van der Waals surface area (Å²) in [6.45, 7) is 6.22. The highest BCUT2D eigenvalue weighted by Gasteiger charge is 2.22. The Labute approximate surface area is 116 Å². The van der Waals surface area contributed by atoms with Crippen LogP contribution in [0.1, 0.15) is 19.3 Å². The van der Waals surface area contributed by atoms with Gasteiger partial charge in [0, 0.05) is 45.2 Å². The fourth-order valence-electron chi connectivity index (χ4n) is 3.05. The lowest BCUT2D eigenvalue weighted by Gasteiger charge is -2.32. The fourth-order valence-corrected chi connectivity index (χ4v) is 3.05. The summed E-state index contributed by atoms with van der Waals surface area (Å²) in [5.74, 6) is 0.969. The van der Waals surface area contributed by atoms with Crippen molar-refractivity contribution in [3.05, 3.63) is 0 Å². The van der Waals surface area contributed by atoms with Crippen LogP contribution in [0.3, 0.4) is 0 Å². The van der Waals surface area contributed by atoms with Gasteiger partial charge in [0.2, 0.25) is 5.91 Å². The molecule has 0 bridgehead atoms. The van der Waals surface area contributed by atoms with Crippen molar-refractivity contribution in [3.8, 4) is 0 Å². The third-order valence-corrected chi connectivity index (χ3v) is 4.43. The number of carbonyl (C=O) groups is 1. The summed E-state index contributed by atoms with van der Waals surface area (Å²) in [5, 5.41) is 6.43. The molecule has 2 rings (SSSR count). The van der Waals surface area contributed by atoms with E-state index in [2.05, 4.69) is 34.5 Å². The smallest absolute Gasteiger partial charge is 0.221 e. The number of hydrogen-bond donors (Lipinski definition) is 2. The van der Waals surface area contributed by atoms with Crippen LogP contribution in [0.5, 0.6) is 0 Å². The Hall–Kier alpha value is -0.650. The van der Waals surface area contributed by atoms with Crippen LogP contribution in [0.25, 0.3) is 0 Å². The van der Waals surface area contributed by atoms with Crippen LogP contribution < -0.4 is 10.6 Å². The minimum absolute atomic E-state index is 0.201. The van der Waals surface area contributed by atoms with E-state index in [9.17, 15) is 4.79 Å². The molecule has 0 aromatic heterocycles. The monoisotopic (exact) mass is 268 g/mol. The first-order valence-corrected chi connectivity index (χ1v) is 7.51. The summed E-state index contributed by atoms with van der Waals surface area (Å²) in [4.78, 5) is 16.6. The Kier molecular flexibility index (Phi) is 5.60. The number of amides is 1. The lowest BCUT2D eigenvalue weighted by Crippen LogP contribution is -2.51. The summed E-state index contributed by atoms with van der Waals surface area (Å²) in [5.41, 5.74) is 0. The molecule has 5 nitrogen and oxygen atoms in total. The van der Waals surface area contributed by atoms with Crippen molar-refractivity contribution in [1.29, 1.82) is 0 Å². The summed E-state index contributed by atoms with van der Waals surface area (Å²) in [7, 11) is 4.28. The number of likely N-dealkylation sites (N-methyl/N-ethyl adjacent to an activating group) is 1. The molecule has 2 fully saturated rings. The minimum Gasteiger partial charge on any atom is -0.356 e. The second-order valence-corrected chi connectivity index (χ2v) is 6.10. The zero-order valence-corrected chi connectivity index (χ0v) is 12.3. The summed E-state index contributed by atoms with van der Waals surface area (Å²) < 4.78 is 0. The molecule has 5 heteroatoms. The summed E-state index contributed by atoms with van der Waals surface area (Å²) in [6.07, 6.45) is 3.02. The van der Waals surface area contributed by atoms with Gasteiger partial charge in [0.05, 0.1) is 0 Å². The van der Waals surface area contributed by atoms with Crippen LogP contribution >= 0.6 is 0 Å². The molecule has 1 amide bonds. The molecule has 2 unspecified atom stereocenters. The zero-order valence-electron chi connectivity index (χ0n) is 12.3. The molecule has 0 saturated carbocycles. The van der Waals surface area contributed by atoms with Crippen LogP contribution in [0.15, 0.2) is 0 Å². The second-order valence-electron chi connectivity index (χ2n) is 6.10. The summed E-state index contributed by atoms with van der Waals surface area (Å²) in [6, 6.07) is 0.353. The Morgan fingerprint density at radius 2 is 2.21 bits per heavy atom. The van der Waals surface area contributed by atoms with Crippen molar-refractivity contribution in [1.82, 2.24) is 20.4 Å². The summed E-state index contributed by atoms with van der Waals surface area (Å²) >= 11 is 0. The highest BCUT2D eigenvalue weighted by atomic mass is 16.1. The Balaban J connectivity index is 1.59. The van der Waals surface area contributed by atoms with Gasteiger partial charge in [-0.2, -0.15) is 0 Å². The van der Waals surface area contributed by atoms with Crippen LogP contribution in [-0.4, -0.2) is 75.1 Å². The molecule has 2 saturated heterocycles. The van der Waals surface area contributed by atoms with Gasteiger partial charge in [0.15, 0.2) is 0 Å². The van der Waals surface area contributed by atoms with E-state index < -0.39 is 0 Å². The second kappa shape index (κ2) is 7.22. The lowest BCUT2D eigenvalue weighted by atomic mass is 10.1. The van der Waals surface area contributed by atoms with Crippen molar-refractivity contribution < 1.29 is 4.79 Å². The average Bonchev–Trinajstić information content (AvgIpc) is 2.78. The predicted octanol–water partition coefficient (Wildman–Crippen LogP) is -0.262. The Morgan fingerprint density at radius 3 is 2.89 bits per heavy atom. The first kappa shape index (κ1) is 14.8. The molecule has 0 aliphatic carbocycles. The van der Waals surface area contributed by atoms with Crippen molar-refractivity contribution in [2.75, 3.05) is 53.4 Å². The van der Waals surface area contributed by atoms with Gasteiger partial charge in [0.1, 0.15) is 0 Å². The van der Waals surface area contributed by atoms with Gasteiger partial charge in [0.25, 0.3) is 0 Å². The highest BCUT2D eigenvalue weighted by molar-refractivity contribution is 5.76. The van der Waals surface area contributed by atoms with E-state index in [0.717, 1.165) is 38.5 Å². The van der Waals surface area contributed by atoms with Crippen LogP contribution in [0.4, 0.5) is 0 Å². The molecule has 2 N–H and O–H groups in total. The van der Waals surface area contributed by atoms with E-state index in [-0.39, 0.29) is 5.91 Å². The molecular weight excluding hydrogens is 240 g/mol.